The Morgan fingerprint density at radius 2 is 1.95 bits per heavy atom. The molecule has 2 atom stereocenters. The number of hydrogen-bond acceptors (Lipinski definition) is 3. The zero-order chi connectivity index (χ0) is 15.7. The van der Waals surface area contributed by atoms with E-state index in [0.29, 0.717) is 19.6 Å². The third-order valence-electron chi connectivity index (χ3n) is 4.02. The number of amides is 2. The maximum atomic E-state index is 12.4. The van der Waals surface area contributed by atoms with E-state index < -0.39 is 0 Å². The number of para-hydroxylation sites is 1. The van der Waals surface area contributed by atoms with Gasteiger partial charge in [0.05, 0.1) is 12.2 Å². The first kappa shape index (κ1) is 14.9. The number of benzene rings is 1. The monoisotopic (exact) mass is 302 g/mol. The van der Waals surface area contributed by atoms with Crippen LogP contribution in [0.1, 0.15) is 25.2 Å². The second-order valence-corrected chi connectivity index (χ2v) is 5.95. The lowest BCUT2D eigenvalue weighted by Gasteiger charge is -2.35. The molecule has 1 aromatic carbocycles. The molecule has 5 nitrogen and oxygen atoms in total. The molecule has 1 saturated heterocycles. The summed E-state index contributed by atoms with van der Waals surface area (Å²) in [6.07, 6.45) is 0.150. The Morgan fingerprint density at radius 3 is 2.68 bits per heavy atom. The van der Waals surface area contributed by atoms with E-state index in [1.54, 1.807) is 0 Å². The first-order valence-electron chi connectivity index (χ1n) is 7.70. The van der Waals surface area contributed by atoms with Gasteiger partial charge >= 0.3 is 6.03 Å². The molecule has 5 heteroatoms. The number of urea groups is 1. The van der Waals surface area contributed by atoms with Crippen molar-refractivity contribution in [3.63, 3.8) is 0 Å². The van der Waals surface area contributed by atoms with Crippen molar-refractivity contribution >= 4 is 17.0 Å². The molecule has 2 heterocycles. The molecule has 3 rings (SSSR count). The first-order valence-corrected chi connectivity index (χ1v) is 7.70. The second-order valence-electron chi connectivity index (χ2n) is 5.95. The van der Waals surface area contributed by atoms with Crippen molar-refractivity contribution in [3.05, 3.63) is 35.6 Å². The van der Waals surface area contributed by atoms with Gasteiger partial charge in [-0.05, 0) is 26.8 Å². The summed E-state index contributed by atoms with van der Waals surface area (Å²) >= 11 is 0. The van der Waals surface area contributed by atoms with Crippen molar-refractivity contribution in [2.45, 2.75) is 39.5 Å². The van der Waals surface area contributed by atoms with Crippen molar-refractivity contribution in [3.8, 4) is 0 Å². The minimum absolute atomic E-state index is 0.0494. The van der Waals surface area contributed by atoms with Crippen LogP contribution >= 0.6 is 0 Å². The van der Waals surface area contributed by atoms with Crippen LogP contribution in [0.2, 0.25) is 0 Å². The van der Waals surface area contributed by atoms with Gasteiger partial charge in [-0.3, -0.25) is 0 Å². The summed E-state index contributed by atoms with van der Waals surface area (Å²) in [5.41, 5.74) is 1.90. The molecule has 0 spiro atoms. The number of furan rings is 1. The fourth-order valence-electron chi connectivity index (χ4n) is 3.06. The van der Waals surface area contributed by atoms with Gasteiger partial charge in [0.2, 0.25) is 0 Å². The number of morpholine rings is 1. The molecule has 0 unspecified atom stereocenters. The third kappa shape index (κ3) is 2.95. The molecular formula is C17H22N2O3. The average Bonchev–Trinajstić information content (AvgIpc) is 2.79. The summed E-state index contributed by atoms with van der Waals surface area (Å²) in [7, 11) is 0. The fourth-order valence-corrected chi connectivity index (χ4v) is 3.06. The summed E-state index contributed by atoms with van der Waals surface area (Å²) in [5, 5.41) is 4.06. The van der Waals surface area contributed by atoms with E-state index in [4.69, 9.17) is 9.15 Å². The van der Waals surface area contributed by atoms with Crippen LogP contribution in [0.15, 0.2) is 28.7 Å². The number of nitrogens with one attached hydrogen (secondary N) is 1. The molecule has 118 valence electrons. The smallest absolute Gasteiger partial charge is 0.317 e. The molecule has 2 amide bonds. The Bertz CT molecular complexity index is 670. The Balaban J connectivity index is 1.69. The van der Waals surface area contributed by atoms with Gasteiger partial charge in [0.1, 0.15) is 11.3 Å². The van der Waals surface area contributed by atoms with Crippen LogP contribution in [-0.2, 0) is 11.3 Å². The van der Waals surface area contributed by atoms with E-state index in [9.17, 15) is 4.79 Å². The van der Waals surface area contributed by atoms with Gasteiger partial charge in [0.15, 0.2) is 0 Å². The summed E-state index contributed by atoms with van der Waals surface area (Å²) < 4.78 is 11.4. The van der Waals surface area contributed by atoms with Crippen molar-refractivity contribution in [2.75, 3.05) is 13.1 Å². The number of fused-ring (bicyclic) bond motifs is 1. The third-order valence-corrected chi connectivity index (χ3v) is 4.02. The second kappa shape index (κ2) is 6.01. The van der Waals surface area contributed by atoms with Gasteiger partial charge in [-0.15, -0.1) is 0 Å². The minimum atomic E-state index is -0.0494. The Kier molecular flexibility index (Phi) is 4.07. The predicted octanol–water partition coefficient (Wildman–Crippen LogP) is 3.06. The Morgan fingerprint density at radius 1 is 1.27 bits per heavy atom. The minimum Gasteiger partial charge on any atom is -0.461 e. The average molecular weight is 302 g/mol. The van der Waals surface area contributed by atoms with Crippen LogP contribution in [-0.4, -0.2) is 36.2 Å². The molecular weight excluding hydrogens is 280 g/mol. The Labute approximate surface area is 130 Å². The fraction of sp³-hybridized carbons (Fsp3) is 0.471. The highest BCUT2D eigenvalue weighted by molar-refractivity contribution is 5.83. The number of carbonyl (C=O) groups is 1. The molecule has 0 aliphatic carbocycles. The molecule has 1 N–H and O–H groups in total. The van der Waals surface area contributed by atoms with Crippen molar-refractivity contribution in [1.29, 1.82) is 0 Å². The topological polar surface area (TPSA) is 54.7 Å². The molecule has 2 aromatic rings. The lowest BCUT2D eigenvalue weighted by Crippen LogP contribution is -2.51. The summed E-state index contributed by atoms with van der Waals surface area (Å²) in [6, 6.07) is 7.84. The molecule has 22 heavy (non-hydrogen) atoms. The molecule has 1 fully saturated rings. The molecule has 1 aliphatic heterocycles. The van der Waals surface area contributed by atoms with E-state index in [1.807, 2.05) is 49.9 Å². The quantitative estimate of drug-likeness (QED) is 0.927. The van der Waals surface area contributed by atoms with Crippen LogP contribution in [0, 0.1) is 6.92 Å². The summed E-state index contributed by atoms with van der Waals surface area (Å²) in [5.74, 6) is 0.852. The molecule has 0 radical (unpaired) electrons. The predicted molar refractivity (Wildman–Crippen MR) is 84.8 cm³/mol. The van der Waals surface area contributed by atoms with E-state index in [2.05, 4.69) is 5.32 Å². The molecule has 1 aromatic heterocycles. The van der Waals surface area contributed by atoms with Crippen LogP contribution in [0.25, 0.3) is 11.0 Å². The number of hydrogen-bond donors (Lipinski definition) is 1. The number of ether oxygens (including phenoxy) is 1. The zero-order valence-corrected chi connectivity index (χ0v) is 13.3. The van der Waals surface area contributed by atoms with Gasteiger partial charge in [-0.2, -0.15) is 0 Å². The summed E-state index contributed by atoms with van der Waals surface area (Å²) in [6.45, 7) is 7.64. The van der Waals surface area contributed by atoms with Gasteiger partial charge in [0.25, 0.3) is 0 Å². The van der Waals surface area contributed by atoms with E-state index in [-0.39, 0.29) is 18.2 Å². The van der Waals surface area contributed by atoms with Gasteiger partial charge in [0, 0.05) is 30.6 Å². The number of aryl methyl sites for hydroxylation is 1. The largest absolute Gasteiger partial charge is 0.461 e. The zero-order valence-electron chi connectivity index (χ0n) is 13.3. The number of nitrogens with zero attached hydrogens (tertiary/aromatic N) is 1. The van der Waals surface area contributed by atoms with E-state index >= 15 is 0 Å². The SMILES string of the molecule is Cc1oc2ccccc2c1CNC(=O)N1C[C@@H](C)O[C@@H](C)C1. The van der Waals surface area contributed by atoms with Crippen molar-refractivity contribution < 1.29 is 13.9 Å². The van der Waals surface area contributed by atoms with Gasteiger partial charge < -0.3 is 19.4 Å². The molecule has 0 bridgehead atoms. The standard InChI is InChI=1S/C17H22N2O3/c1-11-9-19(10-12(2)21-11)17(20)18-8-15-13(3)22-16-7-5-4-6-14(15)16/h4-7,11-12H,8-10H2,1-3H3,(H,18,20)/t11-,12+. The lowest BCUT2D eigenvalue weighted by atomic mass is 10.1. The van der Waals surface area contributed by atoms with E-state index in [0.717, 1.165) is 22.3 Å². The summed E-state index contributed by atoms with van der Waals surface area (Å²) in [4.78, 5) is 14.2. The maximum absolute atomic E-state index is 12.4. The highest BCUT2D eigenvalue weighted by atomic mass is 16.5. The number of carbonyl (C=O) groups excluding carboxylic acids is 1. The molecule has 0 saturated carbocycles. The first-order chi connectivity index (χ1) is 10.5. The van der Waals surface area contributed by atoms with E-state index in [1.165, 1.54) is 0 Å². The van der Waals surface area contributed by atoms with Gasteiger partial charge in [-0.1, -0.05) is 18.2 Å². The Hall–Kier alpha value is -2.01. The lowest BCUT2D eigenvalue weighted by molar-refractivity contribution is -0.0545. The highest BCUT2D eigenvalue weighted by Gasteiger charge is 2.25. The van der Waals surface area contributed by atoms with Crippen LogP contribution in [0.3, 0.4) is 0 Å². The van der Waals surface area contributed by atoms with Crippen LogP contribution < -0.4 is 5.32 Å². The van der Waals surface area contributed by atoms with Gasteiger partial charge in [-0.25, -0.2) is 4.79 Å². The van der Waals surface area contributed by atoms with Crippen molar-refractivity contribution in [2.24, 2.45) is 0 Å². The molecule has 1 aliphatic rings. The highest BCUT2D eigenvalue weighted by Crippen LogP contribution is 2.25. The van der Waals surface area contributed by atoms with Crippen LogP contribution in [0.4, 0.5) is 4.79 Å². The maximum Gasteiger partial charge on any atom is 0.317 e. The van der Waals surface area contributed by atoms with Crippen LogP contribution in [0.5, 0.6) is 0 Å². The number of rotatable bonds is 2. The van der Waals surface area contributed by atoms with Crippen molar-refractivity contribution in [1.82, 2.24) is 10.2 Å². The normalized spacial score (nSPS) is 22.0.